The Bertz CT molecular complexity index is 821. The lowest BCUT2D eigenvalue weighted by Crippen LogP contribution is -2.59. The highest BCUT2D eigenvalue weighted by Gasteiger charge is 2.40. The van der Waals surface area contributed by atoms with Crippen molar-refractivity contribution in [3.05, 3.63) is 0 Å². The third-order valence-electron chi connectivity index (χ3n) is 5.90. The third kappa shape index (κ3) is 8.47. The largest absolute Gasteiger partial charge is 0.481 e. The normalized spacial score (nSPS) is 19.6. The summed E-state index contributed by atoms with van der Waals surface area (Å²) < 4.78 is 0. The van der Waals surface area contributed by atoms with Gasteiger partial charge in [0, 0.05) is 6.54 Å². The number of nitrogens with two attached hydrogens (primary N) is 1. The highest BCUT2D eigenvalue weighted by molar-refractivity contribution is 5.96. The number of aliphatic carboxylic acids is 2. The van der Waals surface area contributed by atoms with Gasteiger partial charge in [0.2, 0.25) is 23.6 Å². The van der Waals surface area contributed by atoms with E-state index in [1.165, 1.54) is 11.8 Å². The van der Waals surface area contributed by atoms with Gasteiger partial charge in [-0.3, -0.25) is 24.0 Å². The van der Waals surface area contributed by atoms with Crippen LogP contribution in [0.1, 0.15) is 46.5 Å². The maximum atomic E-state index is 13.4. The van der Waals surface area contributed by atoms with Crippen molar-refractivity contribution in [3.63, 3.8) is 0 Å². The van der Waals surface area contributed by atoms with Crippen molar-refractivity contribution in [1.82, 2.24) is 20.9 Å². The summed E-state index contributed by atoms with van der Waals surface area (Å²) in [4.78, 5) is 73.8. The summed E-state index contributed by atoms with van der Waals surface area (Å²) in [7, 11) is 0. The first kappa shape index (κ1) is 29.8. The van der Waals surface area contributed by atoms with Gasteiger partial charge in [0.1, 0.15) is 24.2 Å². The predicted octanol–water partition coefficient (Wildman–Crippen LogP) is -2.62. The van der Waals surface area contributed by atoms with Gasteiger partial charge in [-0.05, 0) is 25.7 Å². The molecule has 0 spiro atoms. The van der Waals surface area contributed by atoms with Crippen LogP contribution in [0.4, 0.5) is 0 Å². The maximum Gasteiger partial charge on any atom is 0.328 e. The summed E-state index contributed by atoms with van der Waals surface area (Å²) in [6, 6.07) is -6.00. The summed E-state index contributed by atoms with van der Waals surface area (Å²) in [5.74, 6) is -5.84. The molecule has 0 aliphatic carbocycles. The molecule has 1 aliphatic heterocycles. The number of likely N-dealkylation sites (tertiary alicyclic amines) is 1. The Morgan fingerprint density at radius 2 is 1.66 bits per heavy atom. The van der Waals surface area contributed by atoms with Gasteiger partial charge in [-0.1, -0.05) is 20.3 Å². The number of nitrogens with zero attached hydrogens (tertiary/aromatic N) is 1. The number of nitrogens with one attached hydrogen (secondary N) is 3. The van der Waals surface area contributed by atoms with E-state index < -0.39 is 78.8 Å². The minimum atomic E-state index is -1.51. The molecule has 1 saturated heterocycles. The van der Waals surface area contributed by atoms with Gasteiger partial charge in [0.05, 0.1) is 19.1 Å². The van der Waals surface area contributed by atoms with Crippen LogP contribution < -0.4 is 21.7 Å². The van der Waals surface area contributed by atoms with Crippen LogP contribution in [0.25, 0.3) is 0 Å². The topological polar surface area (TPSA) is 228 Å². The molecule has 6 atom stereocenters. The van der Waals surface area contributed by atoms with Crippen LogP contribution in [0, 0.1) is 5.92 Å². The molecule has 0 unspecified atom stereocenters. The first-order valence-electron chi connectivity index (χ1n) is 11.4. The first-order valence-corrected chi connectivity index (χ1v) is 11.4. The van der Waals surface area contributed by atoms with E-state index in [1.807, 2.05) is 0 Å². The molecule has 0 saturated carbocycles. The van der Waals surface area contributed by atoms with E-state index in [0.717, 1.165) is 0 Å². The smallest absolute Gasteiger partial charge is 0.328 e. The van der Waals surface area contributed by atoms with Gasteiger partial charge in [0.15, 0.2) is 0 Å². The van der Waals surface area contributed by atoms with Crippen LogP contribution in [-0.2, 0) is 28.8 Å². The van der Waals surface area contributed by atoms with E-state index in [0.29, 0.717) is 12.8 Å². The number of hydrogen-bond donors (Lipinski definition) is 7. The number of amides is 4. The molecule has 198 valence electrons. The number of carbonyl (C=O) groups excluding carboxylic acids is 4. The summed E-state index contributed by atoms with van der Waals surface area (Å²) in [5.41, 5.74) is 5.50. The molecule has 0 aromatic rings. The fourth-order valence-corrected chi connectivity index (χ4v) is 3.56. The standard InChI is InChI=1S/C21H35N5O9/c1-4-10(2)16(25-17(30)11(3)23-18(31)12(22)8-15(28)29)20(33)26-7-5-6-14(26)19(32)24-13(9-27)21(34)35/h10-14,16,27H,4-9,22H2,1-3H3,(H,23,31)(H,24,32)(H,25,30)(H,28,29)(H,34,35)/t10-,11-,12-,13-,14-,16-/m0/s1. The quantitative estimate of drug-likeness (QED) is 0.139. The van der Waals surface area contributed by atoms with Gasteiger partial charge in [0.25, 0.3) is 0 Å². The second-order valence-electron chi connectivity index (χ2n) is 8.58. The maximum absolute atomic E-state index is 13.4. The number of aliphatic hydroxyl groups excluding tert-OH is 1. The Labute approximate surface area is 202 Å². The summed E-state index contributed by atoms with van der Waals surface area (Å²) in [6.45, 7) is 4.29. The number of rotatable bonds is 13. The minimum Gasteiger partial charge on any atom is -0.481 e. The molecule has 0 aromatic carbocycles. The highest BCUT2D eigenvalue weighted by Crippen LogP contribution is 2.21. The van der Waals surface area contributed by atoms with Gasteiger partial charge in [-0.15, -0.1) is 0 Å². The summed E-state index contributed by atoms with van der Waals surface area (Å²) in [6.07, 6.45) is 0.642. The van der Waals surface area contributed by atoms with Crippen LogP contribution in [0.5, 0.6) is 0 Å². The Kier molecular flexibility index (Phi) is 11.6. The molecule has 14 nitrogen and oxygen atoms in total. The zero-order valence-electron chi connectivity index (χ0n) is 20.0. The third-order valence-corrected chi connectivity index (χ3v) is 5.90. The monoisotopic (exact) mass is 501 g/mol. The lowest BCUT2D eigenvalue weighted by Gasteiger charge is -2.32. The zero-order valence-corrected chi connectivity index (χ0v) is 20.0. The molecule has 1 fully saturated rings. The Morgan fingerprint density at radius 1 is 1.03 bits per heavy atom. The second-order valence-corrected chi connectivity index (χ2v) is 8.58. The van der Waals surface area contributed by atoms with E-state index in [2.05, 4.69) is 16.0 Å². The van der Waals surface area contributed by atoms with Gasteiger partial charge < -0.3 is 41.9 Å². The SMILES string of the molecule is CC[C@H](C)[C@H](NC(=O)[C@H](C)NC(=O)[C@@H](N)CC(=O)O)C(=O)N1CCC[C@H]1C(=O)N[C@@H](CO)C(=O)O. The summed E-state index contributed by atoms with van der Waals surface area (Å²) >= 11 is 0. The molecule has 1 aliphatic rings. The van der Waals surface area contributed by atoms with E-state index >= 15 is 0 Å². The van der Waals surface area contributed by atoms with E-state index in [1.54, 1.807) is 13.8 Å². The highest BCUT2D eigenvalue weighted by atomic mass is 16.4. The fourth-order valence-electron chi connectivity index (χ4n) is 3.56. The van der Waals surface area contributed by atoms with Crippen molar-refractivity contribution in [2.24, 2.45) is 11.7 Å². The molecule has 8 N–H and O–H groups in total. The molecule has 0 bridgehead atoms. The number of carboxylic acid groups (broad SMARTS) is 2. The van der Waals surface area contributed by atoms with E-state index in [-0.39, 0.29) is 18.9 Å². The van der Waals surface area contributed by atoms with Gasteiger partial charge in [-0.2, -0.15) is 0 Å². The van der Waals surface area contributed by atoms with Crippen LogP contribution in [0.15, 0.2) is 0 Å². The second kappa shape index (κ2) is 13.6. The Balaban J connectivity index is 2.93. The molecular formula is C21H35N5O9. The molecule has 0 aromatic heterocycles. The van der Waals surface area contributed by atoms with Crippen molar-refractivity contribution in [2.45, 2.75) is 76.7 Å². The van der Waals surface area contributed by atoms with Crippen molar-refractivity contribution in [3.8, 4) is 0 Å². The van der Waals surface area contributed by atoms with Crippen molar-refractivity contribution in [1.29, 1.82) is 0 Å². The van der Waals surface area contributed by atoms with Crippen molar-refractivity contribution in [2.75, 3.05) is 13.2 Å². The molecule has 35 heavy (non-hydrogen) atoms. The number of aliphatic hydroxyl groups is 1. The fraction of sp³-hybridized carbons (Fsp3) is 0.714. The van der Waals surface area contributed by atoms with Crippen molar-refractivity contribution < 1.29 is 44.1 Å². The van der Waals surface area contributed by atoms with Crippen LogP contribution in [0.3, 0.4) is 0 Å². The molecular weight excluding hydrogens is 466 g/mol. The van der Waals surface area contributed by atoms with E-state index in [4.69, 9.17) is 21.1 Å². The minimum absolute atomic E-state index is 0.215. The summed E-state index contributed by atoms with van der Waals surface area (Å²) in [5, 5.41) is 34.1. The molecule has 1 heterocycles. The number of carboxylic acids is 2. The average Bonchev–Trinajstić information content (AvgIpc) is 3.29. The van der Waals surface area contributed by atoms with E-state index in [9.17, 15) is 28.8 Å². The van der Waals surface area contributed by atoms with Crippen LogP contribution >= 0.6 is 0 Å². The average molecular weight is 502 g/mol. The molecule has 14 heteroatoms. The molecule has 0 radical (unpaired) electrons. The first-order chi connectivity index (χ1) is 16.3. The van der Waals surface area contributed by atoms with Crippen LogP contribution in [-0.4, -0.2) is 99.1 Å². The Morgan fingerprint density at radius 3 is 2.17 bits per heavy atom. The predicted molar refractivity (Wildman–Crippen MR) is 121 cm³/mol. The number of carbonyl (C=O) groups is 6. The Hall–Kier alpha value is -3.26. The van der Waals surface area contributed by atoms with Crippen LogP contribution in [0.2, 0.25) is 0 Å². The molecule has 4 amide bonds. The van der Waals surface area contributed by atoms with Gasteiger partial charge >= 0.3 is 11.9 Å². The lowest BCUT2D eigenvalue weighted by molar-refractivity contribution is -0.146. The zero-order chi connectivity index (χ0) is 26.9. The lowest BCUT2D eigenvalue weighted by atomic mass is 9.97. The van der Waals surface area contributed by atoms with Gasteiger partial charge in [-0.25, -0.2) is 4.79 Å². The van der Waals surface area contributed by atoms with Crippen molar-refractivity contribution >= 4 is 35.6 Å². The number of hydrogen-bond acceptors (Lipinski definition) is 8. The molecule has 1 rings (SSSR count).